The van der Waals surface area contributed by atoms with Crippen LogP contribution in [0.15, 0.2) is 0 Å². The monoisotopic (exact) mass is 295 g/mol. The van der Waals surface area contributed by atoms with E-state index < -0.39 is 14.8 Å². The van der Waals surface area contributed by atoms with E-state index in [9.17, 15) is 13.2 Å². The van der Waals surface area contributed by atoms with Crippen LogP contribution >= 0.6 is 15.9 Å². The first-order chi connectivity index (χ1) is 6.77. The summed E-state index contributed by atoms with van der Waals surface area (Å²) in [7, 11) is -3.39. The fraction of sp³-hybridized carbons (Fsp3) is 0.889. The molecular formula is C9H14BrNO3S. The molecule has 1 amide bonds. The number of alkyl halides is 1. The molecule has 0 aromatic rings. The van der Waals surface area contributed by atoms with Crippen LogP contribution in [-0.2, 0) is 14.8 Å². The number of nitrogens with zero attached hydrogens (tertiary/aromatic N) is 1. The fourth-order valence-corrected chi connectivity index (χ4v) is 4.11. The third-order valence-electron chi connectivity index (χ3n) is 3.40. The topological polar surface area (TPSA) is 54.5 Å². The van der Waals surface area contributed by atoms with E-state index in [1.165, 1.54) is 13.8 Å². The summed E-state index contributed by atoms with van der Waals surface area (Å²) in [6, 6.07) is 0. The van der Waals surface area contributed by atoms with Crippen molar-refractivity contribution >= 4 is 31.9 Å². The van der Waals surface area contributed by atoms with Gasteiger partial charge in [-0.15, -0.1) is 0 Å². The summed E-state index contributed by atoms with van der Waals surface area (Å²) in [5.74, 6) is -0.269. The molecule has 15 heavy (non-hydrogen) atoms. The first-order valence-corrected chi connectivity index (χ1v) is 7.46. The van der Waals surface area contributed by atoms with E-state index in [1.54, 1.807) is 0 Å². The minimum atomic E-state index is -3.39. The molecule has 86 valence electrons. The number of hydrogen-bond acceptors (Lipinski definition) is 3. The van der Waals surface area contributed by atoms with E-state index in [0.29, 0.717) is 6.54 Å². The van der Waals surface area contributed by atoms with Gasteiger partial charge in [0.2, 0.25) is 0 Å². The van der Waals surface area contributed by atoms with E-state index in [4.69, 9.17) is 0 Å². The van der Waals surface area contributed by atoms with E-state index in [2.05, 4.69) is 15.9 Å². The highest BCUT2D eigenvalue weighted by molar-refractivity contribution is 9.09. The van der Waals surface area contributed by atoms with Gasteiger partial charge in [0.1, 0.15) is 0 Å². The second-order valence-corrected chi connectivity index (χ2v) is 7.93. The standard InChI is InChI=1S/C9H14BrNO3S/c1-8(2)7(12)11(15(8,13)14)6-9(5-10)3-4-9/h3-6H2,1-2H3. The van der Waals surface area contributed by atoms with Crippen LogP contribution in [0.1, 0.15) is 26.7 Å². The van der Waals surface area contributed by atoms with Gasteiger partial charge >= 0.3 is 0 Å². The minimum absolute atomic E-state index is 0.0131. The Bertz CT molecular complexity index is 411. The van der Waals surface area contributed by atoms with Crippen molar-refractivity contribution in [1.82, 2.24) is 4.31 Å². The molecule has 0 N–H and O–H groups in total. The third kappa shape index (κ3) is 1.37. The molecule has 0 atom stereocenters. The van der Waals surface area contributed by atoms with Crippen molar-refractivity contribution < 1.29 is 13.2 Å². The van der Waals surface area contributed by atoms with Crippen LogP contribution < -0.4 is 0 Å². The quantitative estimate of drug-likeness (QED) is 0.733. The molecule has 0 bridgehead atoms. The first-order valence-electron chi connectivity index (χ1n) is 4.90. The van der Waals surface area contributed by atoms with Gasteiger partial charge in [-0.25, -0.2) is 12.7 Å². The average molecular weight is 296 g/mol. The Morgan fingerprint density at radius 2 is 1.93 bits per heavy atom. The van der Waals surface area contributed by atoms with Crippen LogP contribution in [-0.4, -0.2) is 35.3 Å². The zero-order valence-electron chi connectivity index (χ0n) is 8.79. The number of amides is 1. The number of carbonyl (C=O) groups excluding carboxylic acids is 1. The number of halogens is 1. The van der Waals surface area contributed by atoms with Gasteiger partial charge in [-0.1, -0.05) is 15.9 Å². The predicted octanol–water partition coefficient (Wildman–Crippen LogP) is 1.11. The van der Waals surface area contributed by atoms with Gasteiger partial charge in [0.05, 0.1) is 0 Å². The van der Waals surface area contributed by atoms with E-state index in [-0.39, 0.29) is 11.3 Å². The Hall–Kier alpha value is -0.100. The van der Waals surface area contributed by atoms with Crippen molar-refractivity contribution in [3.05, 3.63) is 0 Å². The Kier molecular flexibility index (Phi) is 2.26. The summed E-state index contributed by atoms with van der Waals surface area (Å²) in [6.45, 7) is 3.28. The van der Waals surface area contributed by atoms with Gasteiger partial charge in [-0.05, 0) is 32.1 Å². The lowest BCUT2D eigenvalue weighted by Gasteiger charge is -2.44. The van der Waals surface area contributed by atoms with Gasteiger partial charge in [0.25, 0.3) is 15.9 Å². The Morgan fingerprint density at radius 1 is 1.40 bits per heavy atom. The molecule has 2 fully saturated rings. The lowest BCUT2D eigenvalue weighted by Crippen LogP contribution is -2.68. The maximum absolute atomic E-state index is 11.8. The van der Waals surface area contributed by atoms with Crippen molar-refractivity contribution in [2.45, 2.75) is 31.4 Å². The Morgan fingerprint density at radius 3 is 2.27 bits per heavy atom. The molecule has 1 heterocycles. The minimum Gasteiger partial charge on any atom is -0.272 e. The van der Waals surface area contributed by atoms with Gasteiger partial charge in [-0.3, -0.25) is 4.79 Å². The fourth-order valence-electron chi connectivity index (χ4n) is 1.73. The van der Waals surface area contributed by atoms with Crippen LogP contribution in [0.3, 0.4) is 0 Å². The summed E-state index contributed by atoms with van der Waals surface area (Å²) in [5, 5.41) is 0.764. The van der Waals surface area contributed by atoms with Gasteiger partial charge < -0.3 is 0 Å². The summed E-state index contributed by atoms with van der Waals surface area (Å²) >= 11 is 3.37. The molecule has 0 radical (unpaired) electrons. The highest BCUT2D eigenvalue weighted by atomic mass is 79.9. The van der Waals surface area contributed by atoms with Gasteiger partial charge in [-0.2, -0.15) is 0 Å². The van der Waals surface area contributed by atoms with Crippen molar-refractivity contribution in [3.63, 3.8) is 0 Å². The molecule has 0 spiro atoms. The lowest BCUT2D eigenvalue weighted by atomic mass is 10.1. The summed E-state index contributed by atoms with van der Waals surface area (Å²) in [6.07, 6.45) is 2.00. The molecule has 0 aromatic heterocycles. The van der Waals surface area contributed by atoms with Crippen molar-refractivity contribution in [3.8, 4) is 0 Å². The molecular weight excluding hydrogens is 282 g/mol. The SMILES string of the molecule is CC1(C)C(=O)N(CC2(CBr)CC2)S1(=O)=O. The molecule has 4 nitrogen and oxygen atoms in total. The van der Waals surface area contributed by atoms with Crippen LogP contribution in [0.5, 0.6) is 0 Å². The molecule has 1 aliphatic carbocycles. The Labute approximate surface area is 98.2 Å². The molecule has 0 aromatic carbocycles. The molecule has 2 rings (SSSR count). The van der Waals surface area contributed by atoms with Crippen molar-refractivity contribution in [2.24, 2.45) is 5.41 Å². The predicted molar refractivity (Wildman–Crippen MR) is 60.2 cm³/mol. The van der Waals surface area contributed by atoms with Crippen LogP contribution in [0.4, 0.5) is 0 Å². The van der Waals surface area contributed by atoms with Crippen molar-refractivity contribution in [1.29, 1.82) is 0 Å². The zero-order valence-corrected chi connectivity index (χ0v) is 11.2. The highest BCUT2D eigenvalue weighted by Crippen LogP contribution is 2.50. The number of carbonyl (C=O) groups is 1. The number of rotatable bonds is 3. The van der Waals surface area contributed by atoms with Crippen LogP contribution in [0.2, 0.25) is 0 Å². The average Bonchev–Trinajstić information content (AvgIpc) is 2.93. The molecule has 0 unspecified atom stereocenters. The second kappa shape index (κ2) is 2.97. The summed E-state index contributed by atoms with van der Waals surface area (Å²) in [4.78, 5) is 11.7. The highest BCUT2D eigenvalue weighted by Gasteiger charge is 2.62. The van der Waals surface area contributed by atoms with Crippen LogP contribution in [0, 0.1) is 5.41 Å². The van der Waals surface area contributed by atoms with Crippen LogP contribution in [0.25, 0.3) is 0 Å². The summed E-state index contributed by atoms with van der Waals surface area (Å²) < 4.78 is 23.4. The van der Waals surface area contributed by atoms with Gasteiger partial charge in [0.15, 0.2) is 4.75 Å². The third-order valence-corrected chi connectivity index (χ3v) is 6.93. The summed E-state index contributed by atoms with van der Waals surface area (Å²) in [5.41, 5.74) is 0.0131. The second-order valence-electron chi connectivity index (χ2n) is 4.96. The number of sulfonamides is 1. The number of hydrogen-bond donors (Lipinski definition) is 0. The molecule has 1 saturated carbocycles. The van der Waals surface area contributed by atoms with E-state index in [0.717, 1.165) is 22.5 Å². The smallest absolute Gasteiger partial charge is 0.258 e. The largest absolute Gasteiger partial charge is 0.272 e. The molecule has 6 heteroatoms. The molecule has 2 aliphatic rings. The maximum Gasteiger partial charge on any atom is 0.258 e. The first kappa shape index (κ1) is 11.4. The van der Waals surface area contributed by atoms with Gasteiger partial charge in [0, 0.05) is 11.9 Å². The zero-order chi connectivity index (χ0) is 11.5. The molecule has 1 saturated heterocycles. The maximum atomic E-state index is 11.8. The molecule has 1 aliphatic heterocycles. The normalized spacial score (nSPS) is 29.8. The Balaban J connectivity index is 2.17. The van der Waals surface area contributed by atoms with Crippen molar-refractivity contribution in [2.75, 3.05) is 11.9 Å². The lowest BCUT2D eigenvalue weighted by molar-refractivity contribution is -0.132. The van der Waals surface area contributed by atoms with E-state index >= 15 is 0 Å². The van der Waals surface area contributed by atoms with E-state index in [1.807, 2.05) is 0 Å².